The van der Waals surface area contributed by atoms with Crippen molar-refractivity contribution < 1.29 is 13.9 Å². The molecule has 11 heteroatoms. The first-order chi connectivity index (χ1) is 16.2. The molecule has 5 rings (SSSR count). The number of oxazole rings is 1. The van der Waals surface area contributed by atoms with E-state index in [1.165, 1.54) is 12.6 Å². The van der Waals surface area contributed by atoms with E-state index in [1.54, 1.807) is 24.7 Å². The van der Waals surface area contributed by atoms with E-state index in [0.29, 0.717) is 34.6 Å². The third kappa shape index (κ3) is 4.53. The maximum absolute atomic E-state index is 12.9. The van der Waals surface area contributed by atoms with Gasteiger partial charge in [0.05, 0.1) is 35.3 Å². The van der Waals surface area contributed by atoms with Crippen LogP contribution < -0.4 is 5.32 Å². The van der Waals surface area contributed by atoms with Crippen molar-refractivity contribution in [2.75, 3.05) is 11.9 Å². The van der Waals surface area contributed by atoms with E-state index in [4.69, 9.17) is 14.3 Å². The molecule has 33 heavy (non-hydrogen) atoms. The van der Waals surface area contributed by atoms with E-state index in [0.717, 1.165) is 32.3 Å². The summed E-state index contributed by atoms with van der Waals surface area (Å²) >= 11 is 0. The van der Waals surface area contributed by atoms with Crippen molar-refractivity contribution in [3.8, 4) is 22.8 Å². The van der Waals surface area contributed by atoms with Gasteiger partial charge in [-0.1, -0.05) is 0 Å². The maximum Gasteiger partial charge on any atom is 0.277 e. The van der Waals surface area contributed by atoms with Crippen molar-refractivity contribution in [1.29, 1.82) is 0 Å². The van der Waals surface area contributed by atoms with Gasteiger partial charge in [-0.3, -0.25) is 14.6 Å². The van der Waals surface area contributed by atoms with Gasteiger partial charge in [0.2, 0.25) is 5.89 Å². The summed E-state index contributed by atoms with van der Waals surface area (Å²) in [5.74, 6) is -0.0879. The fourth-order valence-corrected chi connectivity index (χ4v) is 4.07. The highest BCUT2D eigenvalue weighted by Gasteiger charge is 2.26. The van der Waals surface area contributed by atoms with Gasteiger partial charge in [-0.25, -0.2) is 15.0 Å². The first-order valence-electron chi connectivity index (χ1n) is 10.9. The molecule has 1 saturated carbocycles. The normalized spacial score (nSPS) is 18.3. The zero-order valence-corrected chi connectivity index (χ0v) is 18.1. The Morgan fingerprint density at radius 1 is 1.33 bits per heavy atom. The number of hydrogen-bond donors (Lipinski definition) is 2. The molecule has 0 bridgehead atoms. The quantitative estimate of drug-likeness (QED) is 0.438. The molecule has 1 aliphatic carbocycles. The van der Waals surface area contributed by atoms with Gasteiger partial charge in [0.1, 0.15) is 18.3 Å². The minimum Gasteiger partial charge on any atom is -0.444 e. The Labute approximate surface area is 189 Å². The van der Waals surface area contributed by atoms with Crippen LogP contribution in [0.4, 0.5) is 5.69 Å². The van der Waals surface area contributed by atoms with Crippen LogP contribution in [-0.4, -0.2) is 53.5 Å². The van der Waals surface area contributed by atoms with Crippen LogP contribution in [-0.2, 0) is 4.74 Å². The van der Waals surface area contributed by atoms with E-state index in [9.17, 15) is 4.79 Å². The minimum atomic E-state index is -0.400. The van der Waals surface area contributed by atoms with Crippen molar-refractivity contribution in [3.05, 3.63) is 49.1 Å². The van der Waals surface area contributed by atoms with Crippen molar-refractivity contribution in [1.82, 2.24) is 34.9 Å². The van der Waals surface area contributed by atoms with Crippen molar-refractivity contribution in [3.63, 3.8) is 0 Å². The van der Waals surface area contributed by atoms with Gasteiger partial charge < -0.3 is 14.5 Å². The molecule has 0 atom stereocenters. The molecule has 0 spiro atoms. The molecule has 11 nitrogen and oxygen atoms in total. The number of ether oxygens (including phenoxy) is 1. The highest BCUT2D eigenvalue weighted by molar-refractivity contribution is 6.04. The molecule has 0 radical (unpaired) electrons. The lowest BCUT2D eigenvalue weighted by atomic mass is 9.93. The van der Waals surface area contributed by atoms with Gasteiger partial charge in [0.15, 0.2) is 5.69 Å². The molecular weight excluding hydrogens is 424 g/mol. The molecule has 0 aromatic carbocycles. The Morgan fingerprint density at radius 2 is 2.21 bits per heavy atom. The van der Waals surface area contributed by atoms with Crippen LogP contribution in [0.15, 0.2) is 47.9 Å². The predicted octanol–water partition coefficient (Wildman–Crippen LogP) is 3.49. The molecule has 170 valence electrons. The number of amides is 1. The van der Waals surface area contributed by atoms with Crippen molar-refractivity contribution in [2.24, 2.45) is 0 Å². The molecule has 1 fully saturated rings. The van der Waals surface area contributed by atoms with Crippen molar-refractivity contribution in [2.45, 2.75) is 44.8 Å². The number of nitrogens with one attached hydrogen (secondary N) is 2. The Bertz CT molecular complexity index is 1190. The Balaban J connectivity index is 1.38. The van der Waals surface area contributed by atoms with Gasteiger partial charge in [0, 0.05) is 25.2 Å². The summed E-state index contributed by atoms with van der Waals surface area (Å²) in [6.07, 6.45) is 13.7. The van der Waals surface area contributed by atoms with Crippen LogP contribution in [0.2, 0.25) is 0 Å². The van der Waals surface area contributed by atoms with Gasteiger partial charge in [-0.05, 0) is 38.7 Å². The fourth-order valence-electron chi connectivity index (χ4n) is 4.07. The minimum absolute atomic E-state index is 0.157. The largest absolute Gasteiger partial charge is 0.444 e. The van der Waals surface area contributed by atoms with E-state index < -0.39 is 5.91 Å². The number of hydrogen-bond acceptors (Lipinski definition) is 8. The molecular formula is C22H24N8O3. The van der Waals surface area contributed by atoms with E-state index in [2.05, 4.69) is 30.5 Å². The fraction of sp³-hybridized carbons (Fsp3) is 0.364. The topological polar surface area (TPSA) is 137 Å². The van der Waals surface area contributed by atoms with E-state index >= 15 is 0 Å². The second kappa shape index (κ2) is 9.33. The van der Waals surface area contributed by atoms with Gasteiger partial charge in [-0.2, -0.15) is 10.2 Å². The van der Waals surface area contributed by atoms with Crippen LogP contribution >= 0.6 is 0 Å². The summed E-state index contributed by atoms with van der Waals surface area (Å²) in [5, 5.41) is 14.3. The number of carbonyl (C=O) groups is 1. The summed E-state index contributed by atoms with van der Waals surface area (Å²) in [4.78, 5) is 25.5. The lowest BCUT2D eigenvalue weighted by molar-refractivity contribution is 0.0260. The molecule has 0 aliphatic heterocycles. The number of aromatic nitrogens is 7. The van der Waals surface area contributed by atoms with Gasteiger partial charge in [-0.15, -0.1) is 0 Å². The lowest BCUT2D eigenvalue weighted by Crippen LogP contribution is -2.24. The summed E-state index contributed by atoms with van der Waals surface area (Å²) in [6, 6.07) is 1.99. The Kier molecular flexibility index (Phi) is 5.94. The first kappa shape index (κ1) is 21.0. The van der Waals surface area contributed by atoms with Crippen molar-refractivity contribution >= 4 is 11.6 Å². The number of aromatic amines is 1. The number of anilines is 1. The Morgan fingerprint density at radius 3 is 2.94 bits per heavy atom. The molecule has 0 unspecified atom stereocenters. The van der Waals surface area contributed by atoms with Gasteiger partial charge in [0.25, 0.3) is 5.91 Å². The van der Waals surface area contributed by atoms with Crippen LogP contribution in [0.1, 0.15) is 49.1 Å². The van der Waals surface area contributed by atoms with E-state index in [1.807, 2.05) is 17.8 Å². The standard InChI is InChI=1S/C22H24N8O3/c1-2-32-16-5-3-15(4-6-16)30-11-18(20(29-30)17-7-8-23-13-24-17)27-21(31)19-12-33-22(28-19)14-9-25-26-10-14/h7-13,15-16H,2-6H2,1H3,(H,25,26)(H,27,31). The molecule has 4 aromatic heterocycles. The first-order valence-corrected chi connectivity index (χ1v) is 10.9. The maximum atomic E-state index is 12.9. The van der Waals surface area contributed by atoms with Gasteiger partial charge >= 0.3 is 0 Å². The van der Waals surface area contributed by atoms with E-state index in [-0.39, 0.29) is 11.7 Å². The summed E-state index contributed by atoms with van der Waals surface area (Å²) in [7, 11) is 0. The molecule has 4 heterocycles. The third-order valence-corrected chi connectivity index (χ3v) is 5.71. The highest BCUT2D eigenvalue weighted by atomic mass is 16.5. The van der Waals surface area contributed by atoms with Crippen LogP contribution in [0.25, 0.3) is 22.8 Å². The number of rotatable bonds is 7. The second-order valence-corrected chi connectivity index (χ2v) is 7.83. The van der Waals surface area contributed by atoms with Crippen LogP contribution in [0.3, 0.4) is 0 Å². The number of carbonyl (C=O) groups excluding carboxylic acids is 1. The van der Waals surface area contributed by atoms with Crippen LogP contribution in [0.5, 0.6) is 0 Å². The monoisotopic (exact) mass is 448 g/mol. The lowest BCUT2D eigenvalue weighted by Gasteiger charge is -2.28. The zero-order valence-electron chi connectivity index (χ0n) is 18.1. The highest BCUT2D eigenvalue weighted by Crippen LogP contribution is 2.33. The molecule has 0 saturated heterocycles. The molecule has 1 amide bonds. The zero-order chi connectivity index (χ0) is 22.6. The summed E-state index contributed by atoms with van der Waals surface area (Å²) in [5.41, 5.74) is 2.58. The Hall–Kier alpha value is -3.86. The predicted molar refractivity (Wildman–Crippen MR) is 118 cm³/mol. The second-order valence-electron chi connectivity index (χ2n) is 7.83. The number of H-pyrrole nitrogens is 1. The van der Waals surface area contributed by atoms with Crippen LogP contribution in [0, 0.1) is 0 Å². The average molecular weight is 448 g/mol. The SMILES string of the molecule is CCOC1CCC(n2cc(NC(=O)c3coc(-c4cn[nH]c4)n3)c(-c3ccncn3)n2)CC1. The smallest absolute Gasteiger partial charge is 0.277 e. The summed E-state index contributed by atoms with van der Waals surface area (Å²) in [6.45, 7) is 2.76. The average Bonchev–Trinajstić information content (AvgIpc) is 3.61. The third-order valence-electron chi connectivity index (χ3n) is 5.71. The summed E-state index contributed by atoms with van der Waals surface area (Å²) < 4.78 is 13.1. The molecule has 1 aliphatic rings. The number of nitrogens with zero attached hydrogens (tertiary/aromatic N) is 6. The molecule has 2 N–H and O–H groups in total. The molecule has 4 aromatic rings.